The summed E-state index contributed by atoms with van der Waals surface area (Å²) in [7, 11) is -2.61. The molecule has 2 aromatic carbocycles. The summed E-state index contributed by atoms with van der Waals surface area (Å²) in [4.78, 5) is 46.4. The average molecular weight is 476 g/mol. The number of carbonyl (C=O) groups is 3. The first kappa shape index (κ1) is 25.8. The van der Waals surface area contributed by atoms with Crippen LogP contribution >= 0.6 is 8.03 Å². The van der Waals surface area contributed by atoms with Crippen LogP contribution in [0.4, 0.5) is 4.79 Å². The third-order valence-electron chi connectivity index (χ3n) is 4.63. The molecule has 0 aliphatic rings. The van der Waals surface area contributed by atoms with Crippen molar-refractivity contribution in [3.63, 3.8) is 0 Å². The Morgan fingerprint density at radius 3 is 2.15 bits per heavy atom. The number of rotatable bonds is 10. The number of hydrogen-bond acceptors (Lipinski definition) is 6. The number of aromatic hydroxyl groups is 1. The van der Waals surface area contributed by atoms with Gasteiger partial charge in [0.2, 0.25) is 11.8 Å². The van der Waals surface area contributed by atoms with Gasteiger partial charge in [0.25, 0.3) is 5.78 Å². The van der Waals surface area contributed by atoms with E-state index >= 15 is 0 Å². The predicted octanol–water partition coefficient (Wildman–Crippen LogP) is 1.93. The van der Waals surface area contributed by atoms with E-state index in [1.807, 2.05) is 6.07 Å². The number of phenolic OH excluding ortho intramolecular Hbond substituents is 1. The third kappa shape index (κ3) is 8.88. The Morgan fingerprint density at radius 2 is 1.55 bits per heavy atom. The molecular weight excluding hydrogens is 449 g/mol. The molecule has 2 rings (SSSR count). The van der Waals surface area contributed by atoms with E-state index in [9.17, 15) is 24.1 Å². The summed E-state index contributed by atoms with van der Waals surface area (Å²) in [6, 6.07) is 13.0. The van der Waals surface area contributed by atoms with Crippen LogP contribution in [0.3, 0.4) is 0 Å². The fourth-order valence-corrected chi connectivity index (χ4v) is 2.99. The van der Waals surface area contributed by atoms with E-state index in [1.165, 1.54) is 26.0 Å². The lowest BCUT2D eigenvalue weighted by molar-refractivity contribution is -0.129. The Kier molecular flexibility index (Phi) is 9.78. The van der Waals surface area contributed by atoms with Crippen LogP contribution < -0.4 is 16.0 Å². The molecule has 1 unspecified atom stereocenters. The zero-order valence-electron chi connectivity index (χ0n) is 18.2. The summed E-state index contributed by atoms with van der Waals surface area (Å²) in [5.74, 6) is -2.23. The van der Waals surface area contributed by atoms with Crippen LogP contribution in [0.1, 0.15) is 25.0 Å². The molecule has 33 heavy (non-hydrogen) atoms. The van der Waals surface area contributed by atoms with Crippen LogP contribution in [0, 0.1) is 0 Å². The Balaban J connectivity index is 2.04. The predicted molar refractivity (Wildman–Crippen MR) is 120 cm³/mol. The normalized spacial score (nSPS) is 13.7. The third-order valence-corrected chi connectivity index (χ3v) is 5.42. The second kappa shape index (κ2) is 12.5. The first-order valence-electron chi connectivity index (χ1n) is 10.2. The van der Waals surface area contributed by atoms with Crippen molar-refractivity contribution in [2.24, 2.45) is 0 Å². The first-order chi connectivity index (χ1) is 15.7. The van der Waals surface area contributed by atoms with Crippen molar-refractivity contribution < 1.29 is 33.7 Å². The number of nitrogens with one attached hydrogen (secondary N) is 3. The Labute approximate surface area is 192 Å². The van der Waals surface area contributed by atoms with E-state index in [1.54, 1.807) is 36.4 Å². The summed E-state index contributed by atoms with van der Waals surface area (Å²) in [6.45, 7) is 2.79. The topological polar surface area (TPSA) is 154 Å². The zero-order valence-corrected chi connectivity index (χ0v) is 19.1. The molecule has 2 aromatic rings. The van der Waals surface area contributed by atoms with Gasteiger partial charge in [-0.25, -0.2) is 4.79 Å². The first-order valence-corrected chi connectivity index (χ1v) is 11.4. The molecule has 4 atom stereocenters. The minimum absolute atomic E-state index is 0.0102. The number of amides is 3. The van der Waals surface area contributed by atoms with E-state index < -0.39 is 43.8 Å². The van der Waals surface area contributed by atoms with Gasteiger partial charge in [0.1, 0.15) is 24.4 Å². The molecule has 5 N–H and O–H groups in total. The van der Waals surface area contributed by atoms with Crippen molar-refractivity contribution in [2.75, 3.05) is 0 Å². The van der Waals surface area contributed by atoms with Gasteiger partial charge in [0.15, 0.2) is 0 Å². The average Bonchev–Trinajstić information content (AvgIpc) is 2.79. The molecule has 0 saturated carbocycles. The molecule has 3 amide bonds. The fraction of sp³-hybridized carbons (Fsp3) is 0.318. The largest absolute Gasteiger partial charge is 0.530 e. The Morgan fingerprint density at radius 1 is 0.909 bits per heavy atom. The highest BCUT2D eigenvalue weighted by Gasteiger charge is 2.29. The van der Waals surface area contributed by atoms with Crippen molar-refractivity contribution in [1.29, 1.82) is 0 Å². The van der Waals surface area contributed by atoms with Gasteiger partial charge in [-0.2, -0.15) is 4.89 Å². The van der Waals surface area contributed by atoms with E-state index in [4.69, 9.17) is 9.63 Å². The monoisotopic (exact) mass is 476 g/mol. The molecule has 0 aliphatic heterocycles. The lowest BCUT2D eigenvalue weighted by Crippen LogP contribution is -2.54. The molecule has 10 nitrogen and oxygen atoms in total. The minimum Gasteiger partial charge on any atom is -0.508 e. The summed E-state index contributed by atoms with van der Waals surface area (Å²) in [5, 5.41) is 16.8. The molecule has 0 saturated heterocycles. The summed E-state index contributed by atoms with van der Waals surface area (Å²) < 4.78 is 16.3. The van der Waals surface area contributed by atoms with Gasteiger partial charge >= 0.3 is 14.1 Å². The molecular formula is C22H27N3O7P+. The van der Waals surface area contributed by atoms with Gasteiger partial charge in [-0.05, 0) is 34.7 Å². The van der Waals surface area contributed by atoms with Gasteiger partial charge in [0.05, 0.1) is 0 Å². The van der Waals surface area contributed by atoms with E-state index in [-0.39, 0.29) is 18.8 Å². The maximum atomic E-state index is 12.8. The lowest BCUT2D eigenvalue weighted by atomic mass is 10.0. The molecule has 0 radical (unpaired) electrons. The summed E-state index contributed by atoms with van der Waals surface area (Å²) >= 11 is 0. The van der Waals surface area contributed by atoms with Crippen molar-refractivity contribution in [1.82, 2.24) is 16.0 Å². The van der Waals surface area contributed by atoms with Gasteiger partial charge in [-0.3, -0.25) is 9.59 Å². The van der Waals surface area contributed by atoms with Gasteiger partial charge in [-0.15, -0.1) is 0 Å². The molecule has 0 spiro atoms. The molecule has 11 heteroatoms. The molecule has 0 bridgehead atoms. The summed E-state index contributed by atoms with van der Waals surface area (Å²) in [5.41, 5.74) is 1.42. The second-order valence-electron chi connectivity index (χ2n) is 7.35. The number of ether oxygens (including phenoxy) is 1. The maximum absolute atomic E-state index is 12.8. The molecule has 0 aliphatic carbocycles. The van der Waals surface area contributed by atoms with Gasteiger partial charge in [0, 0.05) is 13.3 Å². The standard InChI is InChI=1S/C22H26N3O7P/c1-14(20(27)24-15(2)33(30)31)23-21(28)19(12-16-8-10-18(26)11-9-16)25-22(29)32-13-17-6-4-3-5-7-17/h3-11,14-15,19H,12-13H2,1-2H3,(H4-,23,24,25,26,27,28,29,30,31)/p+1/t14-,15+,19-/m0/s1. The fourth-order valence-electron chi connectivity index (χ4n) is 2.75. The molecule has 0 aromatic heterocycles. The quantitative estimate of drug-likeness (QED) is 0.328. The van der Waals surface area contributed by atoms with Crippen LogP contribution in [0.25, 0.3) is 0 Å². The van der Waals surface area contributed by atoms with Crippen molar-refractivity contribution in [3.8, 4) is 5.75 Å². The molecule has 0 fully saturated rings. The lowest BCUT2D eigenvalue weighted by Gasteiger charge is -2.21. The SMILES string of the molecule is C[C@H](NC(=O)[C@H](Cc1ccc(O)cc1)NC(=O)OCc1ccccc1)C(=O)N[C@@H](C)[P+](=O)O. The summed E-state index contributed by atoms with van der Waals surface area (Å²) in [6.07, 6.45) is -0.749. The number of phenols is 1. The highest BCUT2D eigenvalue weighted by molar-refractivity contribution is 7.38. The Bertz CT molecular complexity index is 970. The van der Waals surface area contributed by atoms with Crippen LogP contribution in [-0.4, -0.2) is 45.8 Å². The van der Waals surface area contributed by atoms with Crippen molar-refractivity contribution >= 4 is 25.9 Å². The zero-order chi connectivity index (χ0) is 24.4. The number of benzene rings is 2. The van der Waals surface area contributed by atoms with Crippen LogP contribution in [-0.2, 0) is 31.9 Å². The molecule has 0 heterocycles. The van der Waals surface area contributed by atoms with Crippen LogP contribution in [0.2, 0.25) is 0 Å². The van der Waals surface area contributed by atoms with E-state index in [0.29, 0.717) is 5.56 Å². The number of alkyl carbamates (subject to hydrolysis) is 1. The van der Waals surface area contributed by atoms with Gasteiger partial charge < -0.3 is 25.8 Å². The number of hydrogen-bond donors (Lipinski definition) is 5. The highest BCUT2D eigenvalue weighted by Crippen LogP contribution is 2.18. The van der Waals surface area contributed by atoms with Crippen LogP contribution in [0.15, 0.2) is 54.6 Å². The molecule has 176 valence electrons. The Hall–Kier alpha value is -3.49. The highest BCUT2D eigenvalue weighted by atomic mass is 31.1. The smallest absolute Gasteiger partial charge is 0.508 e. The van der Waals surface area contributed by atoms with Gasteiger partial charge in [-0.1, -0.05) is 42.5 Å². The van der Waals surface area contributed by atoms with Crippen molar-refractivity contribution in [2.45, 2.75) is 44.7 Å². The van der Waals surface area contributed by atoms with Crippen molar-refractivity contribution in [3.05, 3.63) is 65.7 Å². The number of carbonyl (C=O) groups excluding carboxylic acids is 3. The van der Waals surface area contributed by atoms with E-state index in [2.05, 4.69) is 16.0 Å². The van der Waals surface area contributed by atoms with E-state index in [0.717, 1.165) is 5.56 Å². The maximum Gasteiger partial charge on any atom is 0.530 e. The van der Waals surface area contributed by atoms with Crippen LogP contribution in [0.5, 0.6) is 5.75 Å². The second-order valence-corrected chi connectivity index (χ2v) is 8.73. The minimum atomic E-state index is -2.61.